The monoisotopic (exact) mass is 295 g/mol. The minimum absolute atomic E-state index is 0.229. The fourth-order valence-electron chi connectivity index (χ4n) is 1.92. The van der Waals surface area contributed by atoms with Gasteiger partial charge in [0, 0.05) is 0 Å². The molecule has 1 amide bonds. The first-order chi connectivity index (χ1) is 9.72. The number of hydrogen-bond donors (Lipinski definition) is 2. The van der Waals surface area contributed by atoms with Gasteiger partial charge < -0.3 is 19.9 Å². The summed E-state index contributed by atoms with van der Waals surface area (Å²) in [6.07, 6.45) is 0. The molecule has 1 unspecified atom stereocenters. The molecule has 116 valence electrons. The molecule has 0 saturated carbocycles. The van der Waals surface area contributed by atoms with Crippen LogP contribution in [0.5, 0.6) is 11.5 Å². The van der Waals surface area contributed by atoms with Gasteiger partial charge in [-0.1, -0.05) is 26.8 Å². The van der Waals surface area contributed by atoms with Crippen LogP contribution in [0.4, 0.5) is 0 Å². The van der Waals surface area contributed by atoms with Crippen LogP contribution in [-0.4, -0.2) is 37.2 Å². The van der Waals surface area contributed by atoms with Gasteiger partial charge in [-0.2, -0.15) is 0 Å². The van der Waals surface area contributed by atoms with E-state index in [0.29, 0.717) is 5.75 Å². The van der Waals surface area contributed by atoms with E-state index in [-0.39, 0.29) is 11.3 Å². The third-order valence-electron chi connectivity index (χ3n) is 3.04. The lowest BCUT2D eigenvalue weighted by Crippen LogP contribution is -2.49. The lowest BCUT2D eigenvalue weighted by molar-refractivity contribution is -0.142. The van der Waals surface area contributed by atoms with Crippen molar-refractivity contribution in [2.24, 2.45) is 5.41 Å². The third kappa shape index (κ3) is 3.87. The van der Waals surface area contributed by atoms with E-state index in [1.165, 1.54) is 14.2 Å². The molecule has 0 bridgehead atoms. The number of methoxy groups -OCH3 is 2. The van der Waals surface area contributed by atoms with Crippen LogP contribution in [-0.2, 0) is 4.79 Å². The molecule has 0 heterocycles. The topological polar surface area (TPSA) is 84.9 Å². The number of benzene rings is 1. The fraction of sp³-hybridized carbons (Fsp3) is 0.467. The van der Waals surface area contributed by atoms with E-state index in [1.807, 2.05) is 0 Å². The van der Waals surface area contributed by atoms with Gasteiger partial charge in [-0.25, -0.2) is 4.79 Å². The van der Waals surface area contributed by atoms with Gasteiger partial charge in [0.2, 0.25) is 0 Å². The summed E-state index contributed by atoms with van der Waals surface area (Å²) in [5, 5.41) is 11.8. The molecule has 0 fully saturated rings. The summed E-state index contributed by atoms with van der Waals surface area (Å²) in [6, 6.07) is 3.84. The summed E-state index contributed by atoms with van der Waals surface area (Å²) >= 11 is 0. The van der Waals surface area contributed by atoms with Crippen molar-refractivity contribution in [3.8, 4) is 11.5 Å². The minimum atomic E-state index is -1.09. The summed E-state index contributed by atoms with van der Waals surface area (Å²) < 4.78 is 10.3. The molecular formula is C15H21NO5. The first kappa shape index (κ1) is 16.8. The Morgan fingerprint density at radius 2 is 1.81 bits per heavy atom. The molecule has 0 radical (unpaired) electrons. The molecule has 0 aliphatic carbocycles. The number of nitrogens with one attached hydrogen (secondary N) is 1. The summed E-state index contributed by atoms with van der Waals surface area (Å²) in [4.78, 5) is 23.7. The van der Waals surface area contributed by atoms with Gasteiger partial charge in [0.15, 0.2) is 11.5 Å². The van der Waals surface area contributed by atoms with Crippen LogP contribution in [0.1, 0.15) is 31.1 Å². The second kappa shape index (κ2) is 6.47. The Morgan fingerprint density at radius 3 is 2.24 bits per heavy atom. The standard InChI is InChI=1S/C15H21NO5/c1-15(2,3)12(14(18)19)16-13(17)9-7-6-8-10(20-4)11(9)21-5/h6-8,12H,1-5H3,(H,16,17)(H,18,19). The van der Waals surface area contributed by atoms with Crippen molar-refractivity contribution >= 4 is 11.9 Å². The van der Waals surface area contributed by atoms with E-state index in [9.17, 15) is 14.7 Å². The lowest BCUT2D eigenvalue weighted by atomic mass is 9.86. The smallest absolute Gasteiger partial charge is 0.326 e. The Hall–Kier alpha value is -2.24. The fourth-order valence-corrected chi connectivity index (χ4v) is 1.92. The molecule has 0 saturated heterocycles. The van der Waals surface area contributed by atoms with E-state index in [4.69, 9.17) is 9.47 Å². The van der Waals surface area contributed by atoms with E-state index < -0.39 is 23.3 Å². The Labute approximate surface area is 124 Å². The second-order valence-electron chi connectivity index (χ2n) is 5.65. The predicted octanol–water partition coefficient (Wildman–Crippen LogP) is 1.93. The number of amides is 1. The highest BCUT2D eigenvalue weighted by atomic mass is 16.5. The highest BCUT2D eigenvalue weighted by Crippen LogP contribution is 2.31. The number of carboxylic acid groups (broad SMARTS) is 1. The summed E-state index contributed by atoms with van der Waals surface area (Å²) in [6.45, 7) is 5.23. The third-order valence-corrected chi connectivity index (χ3v) is 3.04. The summed E-state index contributed by atoms with van der Waals surface area (Å²) in [5.74, 6) is -0.922. The molecule has 0 aliphatic rings. The average molecular weight is 295 g/mol. The van der Waals surface area contributed by atoms with Crippen LogP contribution < -0.4 is 14.8 Å². The van der Waals surface area contributed by atoms with Crippen molar-refractivity contribution in [1.82, 2.24) is 5.32 Å². The van der Waals surface area contributed by atoms with E-state index in [1.54, 1.807) is 39.0 Å². The maximum atomic E-state index is 12.3. The highest BCUT2D eigenvalue weighted by molar-refractivity contribution is 5.99. The van der Waals surface area contributed by atoms with Crippen molar-refractivity contribution < 1.29 is 24.2 Å². The Bertz CT molecular complexity index is 533. The van der Waals surface area contributed by atoms with Gasteiger partial charge in [-0.3, -0.25) is 4.79 Å². The van der Waals surface area contributed by atoms with Crippen molar-refractivity contribution in [3.63, 3.8) is 0 Å². The van der Waals surface area contributed by atoms with E-state index in [2.05, 4.69) is 5.32 Å². The number of carboxylic acids is 1. The molecule has 2 N–H and O–H groups in total. The molecule has 6 nitrogen and oxygen atoms in total. The number of rotatable bonds is 5. The van der Waals surface area contributed by atoms with Crippen LogP contribution in [0.15, 0.2) is 18.2 Å². The molecule has 1 atom stereocenters. The first-order valence-electron chi connectivity index (χ1n) is 6.47. The maximum absolute atomic E-state index is 12.3. The average Bonchev–Trinajstić information content (AvgIpc) is 2.41. The van der Waals surface area contributed by atoms with Crippen LogP contribution >= 0.6 is 0 Å². The van der Waals surface area contributed by atoms with Gasteiger partial charge in [0.1, 0.15) is 6.04 Å². The van der Waals surface area contributed by atoms with Crippen molar-refractivity contribution in [1.29, 1.82) is 0 Å². The van der Waals surface area contributed by atoms with Gasteiger partial charge in [-0.05, 0) is 17.5 Å². The van der Waals surface area contributed by atoms with Crippen LogP contribution in [0.25, 0.3) is 0 Å². The molecule has 1 aromatic carbocycles. The number of carbonyl (C=O) groups excluding carboxylic acids is 1. The highest BCUT2D eigenvalue weighted by Gasteiger charge is 2.33. The predicted molar refractivity (Wildman–Crippen MR) is 77.9 cm³/mol. The van der Waals surface area contributed by atoms with Gasteiger partial charge >= 0.3 is 5.97 Å². The molecule has 0 spiro atoms. The van der Waals surface area contributed by atoms with Crippen molar-refractivity contribution in [2.75, 3.05) is 14.2 Å². The summed E-state index contributed by atoms with van der Waals surface area (Å²) in [7, 11) is 2.89. The van der Waals surface area contributed by atoms with Crippen molar-refractivity contribution in [3.05, 3.63) is 23.8 Å². The largest absolute Gasteiger partial charge is 0.493 e. The van der Waals surface area contributed by atoms with Crippen LogP contribution in [0, 0.1) is 5.41 Å². The molecule has 0 aromatic heterocycles. The normalized spacial score (nSPS) is 12.4. The SMILES string of the molecule is COc1cccc(C(=O)NC(C(=O)O)C(C)(C)C)c1OC. The number of carbonyl (C=O) groups is 2. The van der Waals surface area contributed by atoms with E-state index >= 15 is 0 Å². The zero-order valence-electron chi connectivity index (χ0n) is 12.9. The molecule has 1 aromatic rings. The van der Waals surface area contributed by atoms with E-state index in [0.717, 1.165) is 0 Å². The first-order valence-corrected chi connectivity index (χ1v) is 6.47. The second-order valence-corrected chi connectivity index (χ2v) is 5.65. The molecule has 1 rings (SSSR count). The number of ether oxygens (including phenoxy) is 2. The van der Waals surface area contributed by atoms with Crippen molar-refractivity contribution in [2.45, 2.75) is 26.8 Å². The summed E-state index contributed by atoms with van der Waals surface area (Å²) in [5.41, 5.74) is -0.388. The molecule has 21 heavy (non-hydrogen) atoms. The zero-order chi connectivity index (χ0) is 16.2. The zero-order valence-corrected chi connectivity index (χ0v) is 12.9. The molecule has 0 aliphatic heterocycles. The Kier molecular flexibility index (Phi) is 5.18. The maximum Gasteiger partial charge on any atom is 0.326 e. The van der Waals surface area contributed by atoms with Gasteiger partial charge in [0.05, 0.1) is 19.8 Å². The Balaban J connectivity index is 3.12. The van der Waals surface area contributed by atoms with Gasteiger partial charge in [0.25, 0.3) is 5.91 Å². The van der Waals surface area contributed by atoms with Gasteiger partial charge in [-0.15, -0.1) is 0 Å². The molecule has 6 heteroatoms. The number of aliphatic carboxylic acids is 1. The molecular weight excluding hydrogens is 274 g/mol. The minimum Gasteiger partial charge on any atom is -0.493 e. The number of para-hydroxylation sites is 1. The number of hydrogen-bond acceptors (Lipinski definition) is 4. The van der Waals surface area contributed by atoms with Crippen LogP contribution in [0.2, 0.25) is 0 Å². The quantitative estimate of drug-likeness (QED) is 0.867. The lowest BCUT2D eigenvalue weighted by Gasteiger charge is -2.28. The Morgan fingerprint density at radius 1 is 1.19 bits per heavy atom. The van der Waals surface area contributed by atoms with Crippen LogP contribution in [0.3, 0.4) is 0 Å².